The Bertz CT molecular complexity index is 2150. The normalized spacial score (nSPS) is 27.1. The Morgan fingerprint density at radius 2 is 1.66 bits per heavy atom. The van der Waals surface area contributed by atoms with Gasteiger partial charge in [-0.3, -0.25) is 19.3 Å². The van der Waals surface area contributed by atoms with Gasteiger partial charge in [0.05, 0.1) is 12.2 Å². The lowest BCUT2D eigenvalue weighted by molar-refractivity contribution is -0.141. The van der Waals surface area contributed by atoms with Crippen molar-refractivity contribution >= 4 is 51.3 Å². The molecule has 4 N–H and O–H groups in total. The monoisotopic (exact) mass is 865 g/mol. The number of carbonyl (C=O) groups excluding carboxylic acids is 5. The smallest absolute Gasteiger partial charge is 0.410 e. The van der Waals surface area contributed by atoms with Gasteiger partial charge in [0, 0.05) is 51.8 Å². The number of benzene rings is 2. The topological polar surface area (TPSA) is 196 Å². The molecule has 2 saturated carbocycles. The van der Waals surface area contributed by atoms with Crippen LogP contribution in [-0.4, -0.2) is 105 Å². The minimum Gasteiger partial charge on any atom is -0.446 e. The number of sulfonamides is 1. The molecule has 330 valence electrons. The summed E-state index contributed by atoms with van der Waals surface area (Å²) in [5, 5.41) is 8.55. The van der Waals surface area contributed by atoms with Crippen molar-refractivity contribution < 1.29 is 46.3 Å². The van der Waals surface area contributed by atoms with Crippen LogP contribution in [-0.2, 0) is 47.0 Å². The first-order valence-electron chi connectivity index (χ1n) is 21.2. The van der Waals surface area contributed by atoms with Crippen LogP contribution in [0.4, 0.5) is 25.4 Å². The summed E-state index contributed by atoms with van der Waals surface area (Å²) in [5.41, 5.74) is 1.27. The predicted molar refractivity (Wildman–Crippen MR) is 223 cm³/mol. The number of amides is 5. The van der Waals surface area contributed by atoms with E-state index in [1.165, 1.54) is 17.0 Å². The number of alkyl carbamates (subject to hydrolysis) is 1. The average molecular weight is 866 g/mol. The summed E-state index contributed by atoms with van der Waals surface area (Å²) in [6.07, 6.45) is 5.69. The Morgan fingerprint density at radius 1 is 0.934 bits per heavy atom. The van der Waals surface area contributed by atoms with E-state index in [0.717, 1.165) is 67.5 Å². The molecule has 3 fully saturated rings. The number of halogens is 1. The van der Waals surface area contributed by atoms with Gasteiger partial charge in [0.2, 0.25) is 11.8 Å². The van der Waals surface area contributed by atoms with Crippen molar-refractivity contribution in [1.82, 2.24) is 25.2 Å². The van der Waals surface area contributed by atoms with Crippen molar-refractivity contribution in [3.63, 3.8) is 0 Å². The first-order valence-corrected chi connectivity index (χ1v) is 22.7. The highest BCUT2D eigenvalue weighted by Crippen LogP contribution is 2.45. The fourth-order valence-electron chi connectivity index (χ4n) is 8.87. The van der Waals surface area contributed by atoms with Crippen molar-refractivity contribution in [1.29, 1.82) is 0 Å². The number of ether oxygens (including phenoxy) is 2. The molecule has 0 aromatic heterocycles. The van der Waals surface area contributed by atoms with Gasteiger partial charge in [-0.1, -0.05) is 37.8 Å². The van der Waals surface area contributed by atoms with E-state index in [-0.39, 0.29) is 37.6 Å². The summed E-state index contributed by atoms with van der Waals surface area (Å²) in [4.78, 5) is 74.4. The van der Waals surface area contributed by atoms with Crippen LogP contribution in [0.5, 0.6) is 0 Å². The van der Waals surface area contributed by atoms with Gasteiger partial charge in [-0.15, -0.1) is 6.58 Å². The fourth-order valence-corrected chi connectivity index (χ4v) is 10.1. The van der Waals surface area contributed by atoms with Crippen LogP contribution in [0.3, 0.4) is 0 Å². The SMILES string of the molecule is C=C[C@@H]1C[C@@]12NC(=O)[C@@H]1C[C@@H](OC(=O)N3Cc4ccc(N(C)C)cc4C3)CN1C(=O)[C@@H](NC(=O)OC1CCCC1)CCCCCCCNc1ccc(F)cc1S(=O)(=O)NC2=O. The van der Waals surface area contributed by atoms with E-state index in [4.69, 9.17) is 9.47 Å². The van der Waals surface area contributed by atoms with E-state index in [1.54, 1.807) is 4.90 Å². The molecule has 5 amide bonds. The molecular weight excluding hydrogens is 810 g/mol. The van der Waals surface area contributed by atoms with Crippen LogP contribution in [0.15, 0.2) is 53.9 Å². The second kappa shape index (κ2) is 18.3. The van der Waals surface area contributed by atoms with Crippen LogP contribution in [0.2, 0.25) is 0 Å². The second-order valence-corrected chi connectivity index (χ2v) is 18.7. The highest BCUT2D eigenvalue weighted by atomic mass is 32.2. The largest absolute Gasteiger partial charge is 0.446 e. The van der Waals surface area contributed by atoms with E-state index < -0.39 is 80.3 Å². The Morgan fingerprint density at radius 3 is 2.39 bits per heavy atom. The number of hydrogen-bond acceptors (Lipinski definition) is 11. The summed E-state index contributed by atoms with van der Waals surface area (Å²) >= 11 is 0. The molecule has 61 heavy (non-hydrogen) atoms. The maximum absolute atomic E-state index is 14.6. The average Bonchev–Trinajstić information content (AvgIpc) is 3.61. The Kier molecular flexibility index (Phi) is 13.1. The molecule has 1 spiro atoms. The maximum Gasteiger partial charge on any atom is 0.410 e. The van der Waals surface area contributed by atoms with Gasteiger partial charge in [-0.25, -0.2) is 27.1 Å². The quantitative estimate of drug-likeness (QED) is 0.305. The number of hydrogen-bond donors (Lipinski definition) is 4. The molecular formula is C43H56FN7O9S. The third kappa shape index (κ3) is 9.89. The molecule has 0 radical (unpaired) electrons. The predicted octanol–water partition coefficient (Wildman–Crippen LogP) is 4.68. The van der Waals surface area contributed by atoms with Crippen molar-refractivity contribution in [2.24, 2.45) is 5.92 Å². The minimum absolute atomic E-state index is 0.000817. The summed E-state index contributed by atoms with van der Waals surface area (Å²) in [7, 11) is -0.804. The molecule has 18 heteroatoms. The third-order valence-corrected chi connectivity index (χ3v) is 13.8. The molecule has 2 aromatic carbocycles. The molecule has 3 aliphatic heterocycles. The van der Waals surface area contributed by atoms with Gasteiger partial charge in [-0.2, -0.15) is 0 Å². The molecule has 3 heterocycles. The maximum atomic E-state index is 14.6. The molecule has 2 aromatic rings. The number of rotatable bonds is 5. The van der Waals surface area contributed by atoms with Crippen LogP contribution in [0.1, 0.15) is 88.2 Å². The van der Waals surface area contributed by atoms with Crippen molar-refractivity contribution in [2.75, 3.05) is 37.4 Å². The first-order chi connectivity index (χ1) is 29.2. The molecule has 5 aliphatic rings. The van der Waals surface area contributed by atoms with Gasteiger partial charge in [-0.05, 0) is 86.4 Å². The van der Waals surface area contributed by atoms with Crippen molar-refractivity contribution in [3.8, 4) is 0 Å². The van der Waals surface area contributed by atoms with Crippen molar-refractivity contribution in [2.45, 2.75) is 125 Å². The zero-order valence-electron chi connectivity index (χ0n) is 34.8. The number of nitrogens with one attached hydrogen (secondary N) is 4. The van der Waals surface area contributed by atoms with Gasteiger partial charge < -0.3 is 35.2 Å². The molecule has 2 aliphatic carbocycles. The third-order valence-electron chi connectivity index (χ3n) is 12.5. The molecule has 1 saturated heterocycles. The zero-order valence-corrected chi connectivity index (χ0v) is 35.6. The summed E-state index contributed by atoms with van der Waals surface area (Å²) in [6.45, 7) is 4.57. The molecule has 0 unspecified atom stereocenters. The van der Waals surface area contributed by atoms with E-state index in [0.29, 0.717) is 38.9 Å². The molecule has 5 atom stereocenters. The van der Waals surface area contributed by atoms with E-state index in [9.17, 15) is 36.8 Å². The Labute approximate surface area is 356 Å². The minimum atomic E-state index is -4.66. The molecule has 7 rings (SSSR count). The standard InChI is InChI=1S/C43H56FN7O9S/c1-4-29-23-43(29)40(54)48-61(57,58)37-21-30(44)16-18-34(37)45-19-11-7-5-6-8-14-35(46-41(55)59-32-12-9-10-13-32)39(53)51-26-33(22-36(51)38(52)47-43)60-42(56)50-24-27-15-17-31(49(2)3)20-28(27)25-50/h4,15-18,20-21,29,32-33,35-36,45H,1,5-14,19,22-26H2,2-3H3,(H,46,55)(H,47,52)(H,48,54)/t29-,33-,35+,36+,43-/m1/s1. The number of fused-ring (bicyclic) bond motifs is 3. The summed E-state index contributed by atoms with van der Waals surface area (Å²) < 4.78 is 55.7. The lowest BCUT2D eigenvalue weighted by Gasteiger charge is -2.30. The highest BCUT2D eigenvalue weighted by Gasteiger charge is 2.61. The van der Waals surface area contributed by atoms with Gasteiger partial charge >= 0.3 is 12.2 Å². The highest BCUT2D eigenvalue weighted by molar-refractivity contribution is 7.90. The molecule has 0 bridgehead atoms. The van der Waals surface area contributed by atoms with Gasteiger partial charge in [0.1, 0.15) is 40.5 Å². The number of nitrogens with zero attached hydrogens (tertiary/aromatic N) is 3. The van der Waals surface area contributed by atoms with Crippen LogP contribution >= 0.6 is 0 Å². The number of anilines is 2. The lowest BCUT2D eigenvalue weighted by Crippen LogP contribution is -2.58. The molecule has 16 nitrogen and oxygen atoms in total. The van der Waals surface area contributed by atoms with E-state index in [1.807, 2.05) is 37.2 Å². The Balaban J connectivity index is 1.15. The fraction of sp³-hybridized carbons (Fsp3) is 0.558. The van der Waals surface area contributed by atoms with Crippen LogP contribution in [0.25, 0.3) is 0 Å². The van der Waals surface area contributed by atoms with Gasteiger partial charge in [0.15, 0.2) is 0 Å². The van der Waals surface area contributed by atoms with Crippen LogP contribution in [0, 0.1) is 11.7 Å². The van der Waals surface area contributed by atoms with Crippen LogP contribution < -0.4 is 25.6 Å². The van der Waals surface area contributed by atoms with Gasteiger partial charge in [0.25, 0.3) is 15.9 Å². The summed E-state index contributed by atoms with van der Waals surface area (Å²) in [6, 6.07) is 6.83. The first kappa shape index (κ1) is 43.7. The van der Waals surface area contributed by atoms with E-state index in [2.05, 4.69) is 27.3 Å². The van der Waals surface area contributed by atoms with E-state index >= 15 is 0 Å². The summed E-state index contributed by atoms with van der Waals surface area (Å²) in [5.74, 6) is -3.93. The second-order valence-electron chi connectivity index (χ2n) is 17.0. The lowest BCUT2D eigenvalue weighted by atomic mass is 10.0. The zero-order chi connectivity index (χ0) is 43.5. The Hall–Kier alpha value is -5.39. The number of carbonyl (C=O) groups is 5. The van der Waals surface area contributed by atoms with Crippen molar-refractivity contribution in [3.05, 3.63) is 66.0 Å².